The van der Waals surface area contributed by atoms with Gasteiger partial charge in [-0.25, -0.2) is 4.68 Å². The molecule has 0 saturated carbocycles. The van der Waals surface area contributed by atoms with Gasteiger partial charge in [0.1, 0.15) is 5.15 Å². The topological polar surface area (TPSA) is 65.4 Å². The summed E-state index contributed by atoms with van der Waals surface area (Å²) < 4.78 is 12.9. The fraction of sp³-hybridized carbons (Fsp3) is 0.273. The fourth-order valence-corrected chi connectivity index (χ4v) is 4.16. The molecule has 0 unspecified atom stereocenters. The lowest BCUT2D eigenvalue weighted by molar-refractivity contribution is 0.0950. The van der Waals surface area contributed by atoms with Gasteiger partial charge in [-0.05, 0) is 36.2 Å². The van der Waals surface area contributed by atoms with E-state index in [1.165, 1.54) is 0 Å². The Morgan fingerprint density at radius 2 is 1.90 bits per heavy atom. The minimum Gasteiger partial charge on any atom is -0.489 e. The Bertz CT molecular complexity index is 1130. The molecule has 0 bridgehead atoms. The molecule has 1 aromatic heterocycles. The monoisotopic (exact) mass is 479 g/mol. The van der Waals surface area contributed by atoms with E-state index in [0.717, 1.165) is 17.5 Å². The molecular weight excluding hydrogens is 461 g/mol. The number of rotatable bonds is 5. The SMILES string of the molecule is Cc1nn(Cc2ccccc2Cl)c(Cl)c1C(=O)NCc1cc(Cl)c2c(c1)OCCCO2. The number of carbonyl (C=O) groups is 1. The molecule has 31 heavy (non-hydrogen) atoms. The highest BCUT2D eigenvalue weighted by molar-refractivity contribution is 6.33. The van der Waals surface area contributed by atoms with Gasteiger partial charge >= 0.3 is 0 Å². The van der Waals surface area contributed by atoms with E-state index in [1.807, 2.05) is 24.3 Å². The summed E-state index contributed by atoms with van der Waals surface area (Å²) in [6.45, 7) is 3.47. The van der Waals surface area contributed by atoms with Gasteiger partial charge in [0.25, 0.3) is 5.91 Å². The van der Waals surface area contributed by atoms with Crippen LogP contribution in [-0.2, 0) is 13.1 Å². The molecule has 1 N–H and O–H groups in total. The number of aryl methyl sites for hydroxylation is 1. The first-order valence-electron chi connectivity index (χ1n) is 9.76. The number of nitrogens with zero attached hydrogens (tertiary/aromatic N) is 2. The van der Waals surface area contributed by atoms with Gasteiger partial charge in [0.2, 0.25) is 0 Å². The molecule has 0 fully saturated rings. The zero-order valence-corrected chi connectivity index (χ0v) is 19.0. The van der Waals surface area contributed by atoms with Crippen molar-refractivity contribution in [1.82, 2.24) is 15.1 Å². The molecule has 6 nitrogen and oxygen atoms in total. The molecule has 9 heteroatoms. The average molecular weight is 481 g/mol. The smallest absolute Gasteiger partial charge is 0.256 e. The summed E-state index contributed by atoms with van der Waals surface area (Å²) in [4.78, 5) is 12.9. The third-order valence-corrected chi connectivity index (χ3v) is 5.92. The van der Waals surface area contributed by atoms with Crippen molar-refractivity contribution in [3.8, 4) is 11.5 Å². The first-order valence-corrected chi connectivity index (χ1v) is 10.9. The summed E-state index contributed by atoms with van der Waals surface area (Å²) in [7, 11) is 0. The second-order valence-electron chi connectivity index (χ2n) is 7.14. The van der Waals surface area contributed by atoms with E-state index in [9.17, 15) is 4.79 Å². The van der Waals surface area contributed by atoms with E-state index in [4.69, 9.17) is 44.3 Å². The van der Waals surface area contributed by atoms with E-state index in [-0.39, 0.29) is 17.6 Å². The Labute approximate surface area is 195 Å². The molecule has 0 radical (unpaired) electrons. The first-order chi connectivity index (χ1) is 14.9. The maximum Gasteiger partial charge on any atom is 0.256 e. The second kappa shape index (κ2) is 9.39. The molecule has 162 valence electrons. The number of benzene rings is 2. The maximum absolute atomic E-state index is 12.9. The molecule has 2 aromatic carbocycles. The highest BCUT2D eigenvalue weighted by Gasteiger charge is 2.21. The van der Waals surface area contributed by atoms with Crippen LogP contribution in [0.15, 0.2) is 36.4 Å². The number of halogens is 3. The van der Waals surface area contributed by atoms with E-state index >= 15 is 0 Å². The normalized spacial score (nSPS) is 13.0. The molecule has 1 aliphatic heterocycles. The van der Waals surface area contributed by atoms with Crippen molar-refractivity contribution in [1.29, 1.82) is 0 Å². The Morgan fingerprint density at radius 1 is 1.13 bits per heavy atom. The van der Waals surface area contributed by atoms with Gasteiger partial charge in [0.05, 0.1) is 36.0 Å². The molecule has 1 aliphatic rings. The summed E-state index contributed by atoms with van der Waals surface area (Å²) in [6, 6.07) is 11.0. The predicted molar refractivity (Wildman–Crippen MR) is 121 cm³/mol. The molecule has 0 aliphatic carbocycles. The van der Waals surface area contributed by atoms with Crippen LogP contribution in [0.3, 0.4) is 0 Å². The highest BCUT2D eigenvalue weighted by Crippen LogP contribution is 2.38. The minimum absolute atomic E-state index is 0.251. The summed E-state index contributed by atoms with van der Waals surface area (Å²) in [5, 5.41) is 8.61. The number of fused-ring (bicyclic) bond motifs is 1. The molecule has 0 spiro atoms. The molecule has 4 rings (SSSR count). The van der Waals surface area contributed by atoms with Crippen LogP contribution in [0.25, 0.3) is 0 Å². The number of ether oxygens (including phenoxy) is 2. The molecule has 3 aromatic rings. The van der Waals surface area contributed by atoms with Crippen LogP contribution in [0.5, 0.6) is 11.5 Å². The van der Waals surface area contributed by atoms with Gasteiger partial charge in [-0.3, -0.25) is 4.79 Å². The Morgan fingerprint density at radius 3 is 2.71 bits per heavy atom. The summed E-state index contributed by atoms with van der Waals surface area (Å²) in [5.74, 6) is 0.793. The predicted octanol–water partition coefficient (Wildman–Crippen LogP) is 5.29. The third-order valence-electron chi connectivity index (χ3n) is 4.89. The summed E-state index contributed by atoms with van der Waals surface area (Å²) in [5.41, 5.74) is 2.52. The minimum atomic E-state index is -0.323. The summed E-state index contributed by atoms with van der Waals surface area (Å²) in [6.07, 6.45) is 0.785. The van der Waals surface area contributed by atoms with Crippen LogP contribution in [0, 0.1) is 6.92 Å². The molecule has 1 amide bonds. The molecule has 0 atom stereocenters. The van der Waals surface area contributed by atoms with E-state index in [1.54, 1.807) is 23.7 Å². The van der Waals surface area contributed by atoms with Crippen LogP contribution in [0.2, 0.25) is 15.2 Å². The number of aromatic nitrogens is 2. The van der Waals surface area contributed by atoms with Crippen molar-refractivity contribution in [2.24, 2.45) is 0 Å². The number of nitrogens with one attached hydrogen (secondary N) is 1. The Balaban J connectivity index is 1.49. The van der Waals surface area contributed by atoms with Gasteiger partial charge in [-0.15, -0.1) is 0 Å². The van der Waals surface area contributed by atoms with Gasteiger partial charge in [0.15, 0.2) is 11.5 Å². The fourth-order valence-electron chi connectivity index (χ4n) is 3.36. The van der Waals surface area contributed by atoms with Crippen LogP contribution in [-0.4, -0.2) is 28.9 Å². The summed E-state index contributed by atoms with van der Waals surface area (Å²) >= 11 is 19.1. The molecule has 2 heterocycles. The standard InChI is InChI=1S/C22H20Cl3N3O3/c1-13-19(21(25)28(27-13)12-15-5-2-3-6-16(15)23)22(29)26-11-14-9-17(24)20-18(10-14)30-7-4-8-31-20/h2-3,5-6,9-10H,4,7-8,11-12H2,1H3,(H,26,29). The highest BCUT2D eigenvalue weighted by atomic mass is 35.5. The van der Waals surface area contributed by atoms with Crippen molar-refractivity contribution in [2.75, 3.05) is 13.2 Å². The first kappa shape index (κ1) is 21.8. The number of amides is 1. The zero-order chi connectivity index (χ0) is 22.0. The second-order valence-corrected chi connectivity index (χ2v) is 8.31. The van der Waals surface area contributed by atoms with Crippen molar-refractivity contribution < 1.29 is 14.3 Å². The third kappa shape index (κ3) is 4.76. The maximum atomic E-state index is 12.9. The lowest BCUT2D eigenvalue weighted by Crippen LogP contribution is -2.23. The van der Waals surface area contributed by atoms with Crippen LogP contribution in [0.4, 0.5) is 0 Å². The molecular formula is C22H20Cl3N3O3. The van der Waals surface area contributed by atoms with E-state index < -0.39 is 0 Å². The van der Waals surface area contributed by atoms with Crippen molar-refractivity contribution in [3.63, 3.8) is 0 Å². The van der Waals surface area contributed by atoms with Gasteiger partial charge < -0.3 is 14.8 Å². The molecule has 0 saturated heterocycles. The van der Waals surface area contributed by atoms with Gasteiger partial charge in [-0.2, -0.15) is 5.10 Å². The largest absolute Gasteiger partial charge is 0.489 e. The zero-order valence-electron chi connectivity index (χ0n) is 16.8. The number of carbonyl (C=O) groups excluding carboxylic acids is 1. The Hall–Kier alpha value is -2.41. The number of hydrogen-bond acceptors (Lipinski definition) is 4. The van der Waals surface area contributed by atoms with Gasteiger partial charge in [0, 0.05) is 18.0 Å². The number of hydrogen-bond donors (Lipinski definition) is 1. The average Bonchev–Trinajstić information content (AvgIpc) is 2.90. The van der Waals surface area contributed by atoms with E-state index in [0.29, 0.717) is 52.6 Å². The lowest BCUT2D eigenvalue weighted by atomic mass is 10.2. The van der Waals surface area contributed by atoms with E-state index in [2.05, 4.69) is 10.4 Å². The quantitative estimate of drug-likeness (QED) is 0.539. The van der Waals surface area contributed by atoms with Gasteiger partial charge in [-0.1, -0.05) is 53.0 Å². The van der Waals surface area contributed by atoms with Crippen LogP contribution >= 0.6 is 34.8 Å². The lowest BCUT2D eigenvalue weighted by Gasteiger charge is -2.12. The van der Waals surface area contributed by atoms with Crippen molar-refractivity contribution >= 4 is 40.7 Å². The van der Waals surface area contributed by atoms with Crippen LogP contribution < -0.4 is 14.8 Å². The van der Waals surface area contributed by atoms with Crippen LogP contribution in [0.1, 0.15) is 33.6 Å². The van der Waals surface area contributed by atoms with Crippen molar-refractivity contribution in [3.05, 3.63) is 74.0 Å². The Kier molecular flexibility index (Phi) is 6.60. The van der Waals surface area contributed by atoms with Crippen molar-refractivity contribution in [2.45, 2.75) is 26.4 Å².